The minimum atomic E-state index is 0.191. The first-order valence-corrected chi connectivity index (χ1v) is 11.5. The predicted molar refractivity (Wildman–Crippen MR) is 124 cm³/mol. The number of fused-ring (bicyclic) bond motifs is 1. The number of anilines is 1. The number of amides is 1. The van der Waals surface area contributed by atoms with Crippen molar-refractivity contribution >= 4 is 22.6 Å². The fourth-order valence-corrected chi connectivity index (χ4v) is 4.98. The molecule has 4 heterocycles. The highest BCUT2D eigenvalue weighted by molar-refractivity contribution is 5.80. The highest BCUT2D eigenvalue weighted by atomic mass is 16.2. The lowest BCUT2D eigenvalue weighted by atomic mass is 9.94. The number of carbonyl (C=O) groups excluding carboxylic acids is 1. The van der Waals surface area contributed by atoms with Gasteiger partial charge in [-0.3, -0.25) is 4.79 Å². The number of para-hydroxylation sites is 1. The van der Waals surface area contributed by atoms with Crippen molar-refractivity contribution in [2.45, 2.75) is 19.3 Å². The van der Waals surface area contributed by atoms with Crippen LogP contribution >= 0.6 is 0 Å². The number of hydrogen-bond donors (Lipinski definition) is 1. The third-order valence-electron chi connectivity index (χ3n) is 6.88. The van der Waals surface area contributed by atoms with Crippen molar-refractivity contribution in [3.05, 3.63) is 60.4 Å². The van der Waals surface area contributed by atoms with Gasteiger partial charge in [-0.05, 0) is 62.2 Å². The van der Waals surface area contributed by atoms with Crippen LogP contribution in [-0.2, 0) is 11.2 Å². The van der Waals surface area contributed by atoms with Gasteiger partial charge in [0.1, 0.15) is 5.65 Å². The monoisotopic (exact) mass is 417 g/mol. The zero-order valence-corrected chi connectivity index (χ0v) is 18.0. The lowest BCUT2D eigenvalue weighted by Crippen LogP contribution is -2.51. The molecule has 0 bridgehead atoms. The Balaban J connectivity index is 1.08. The van der Waals surface area contributed by atoms with E-state index >= 15 is 0 Å². The topological polar surface area (TPSA) is 55.5 Å². The smallest absolute Gasteiger partial charge is 0.225 e. The van der Waals surface area contributed by atoms with Crippen LogP contribution in [0.5, 0.6) is 0 Å². The van der Waals surface area contributed by atoms with E-state index in [9.17, 15) is 4.79 Å². The Kier molecular flexibility index (Phi) is 5.89. The van der Waals surface area contributed by atoms with Gasteiger partial charge >= 0.3 is 0 Å². The van der Waals surface area contributed by atoms with E-state index in [-0.39, 0.29) is 5.92 Å². The number of carbonyl (C=O) groups is 1. The molecule has 0 aliphatic carbocycles. The molecule has 6 heteroatoms. The number of H-pyrrole nitrogens is 1. The van der Waals surface area contributed by atoms with E-state index in [2.05, 4.69) is 61.2 Å². The molecule has 0 spiro atoms. The Bertz CT molecular complexity index is 1000. The molecule has 1 amide bonds. The van der Waals surface area contributed by atoms with Crippen molar-refractivity contribution in [3.63, 3.8) is 0 Å². The molecule has 1 aromatic carbocycles. The first-order valence-electron chi connectivity index (χ1n) is 11.5. The van der Waals surface area contributed by atoms with Crippen LogP contribution in [0.2, 0.25) is 0 Å². The SMILES string of the molecule is O=C(C1CCN(CCc2c[nH]c3ncccc23)CC1)N1CCN(c2ccccc2)CC1. The summed E-state index contributed by atoms with van der Waals surface area (Å²) in [5, 5.41) is 1.22. The summed E-state index contributed by atoms with van der Waals surface area (Å²) in [6.45, 7) is 6.59. The standard InChI is InChI=1S/C25H31N5O/c31-25(30-17-15-29(16-18-30)22-5-2-1-3-6-22)20-8-12-28(13-9-20)14-10-21-19-27-24-23(21)7-4-11-26-24/h1-7,11,19-20H,8-10,12-18H2,(H,26,27). The summed E-state index contributed by atoms with van der Waals surface area (Å²) >= 11 is 0. The Morgan fingerprint density at radius 1 is 0.968 bits per heavy atom. The summed E-state index contributed by atoms with van der Waals surface area (Å²) in [6, 6.07) is 14.6. The molecule has 5 rings (SSSR count). The van der Waals surface area contributed by atoms with Crippen molar-refractivity contribution in [2.75, 3.05) is 50.7 Å². The van der Waals surface area contributed by atoms with Crippen LogP contribution < -0.4 is 4.90 Å². The van der Waals surface area contributed by atoms with E-state index in [0.29, 0.717) is 5.91 Å². The van der Waals surface area contributed by atoms with Gasteiger partial charge in [-0.15, -0.1) is 0 Å². The Morgan fingerprint density at radius 2 is 1.74 bits per heavy atom. The van der Waals surface area contributed by atoms with Gasteiger partial charge in [0.15, 0.2) is 0 Å². The molecule has 1 N–H and O–H groups in total. The fourth-order valence-electron chi connectivity index (χ4n) is 4.98. The van der Waals surface area contributed by atoms with Gasteiger partial charge in [-0.25, -0.2) is 4.98 Å². The van der Waals surface area contributed by atoms with Gasteiger partial charge in [0, 0.05) is 62.1 Å². The maximum atomic E-state index is 13.1. The number of pyridine rings is 1. The first kappa shape index (κ1) is 20.1. The zero-order chi connectivity index (χ0) is 21.0. The van der Waals surface area contributed by atoms with Crippen LogP contribution in [0, 0.1) is 5.92 Å². The number of aromatic amines is 1. The van der Waals surface area contributed by atoms with E-state index in [1.54, 1.807) is 0 Å². The second-order valence-electron chi connectivity index (χ2n) is 8.73. The maximum Gasteiger partial charge on any atom is 0.225 e. The molecular formula is C25H31N5O. The summed E-state index contributed by atoms with van der Waals surface area (Å²) < 4.78 is 0. The fraction of sp³-hybridized carbons (Fsp3) is 0.440. The second kappa shape index (κ2) is 9.10. The van der Waals surface area contributed by atoms with Gasteiger partial charge in [0.05, 0.1) is 0 Å². The number of nitrogens with zero attached hydrogens (tertiary/aromatic N) is 4. The predicted octanol–water partition coefficient (Wildman–Crippen LogP) is 3.17. The number of likely N-dealkylation sites (tertiary alicyclic amines) is 1. The molecule has 2 saturated heterocycles. The van der Waals surface area contributed by atoms with Crippen molar-refractivity contribution in [2.24, 2.45) is 5.92 Å². The number of nitrogens with one attached hydrogen (secondary N) is 1. The van der Waals surface area contributed by atoms with Gasteiger partial charge in [0.25, 0.3) is 0 Å². The van der Waals surface area contributed by atoms with Gasteiger partial charge in [-0.2, -0.15) is 0 Å². The van der Waals surface area contributed by atoms with E-state index in [4.69, 9.17) is 0 Å². The van der Waals surface area contributed by atoms with Crippen LogP contribution in [0.15, 0.2) is 54.9 Å². The Morgan fingerprint density at radius 3 is 2.52 bits per heavy atom. The molecule has 31 heavy (non-hydrogen) atoms. The zero-order valence-electron chi connectivity index (χ0n) is 18.0. The van der Waals surface area contributed by atoms with Gasteiger partial charge in [0.2, 0.25) is 5.91 Å². The van der Waals surface area contributed by atoms with Crippen molar-refractivity contribution < 1.29 is 4.79 Å². The number of rotatable bonds is 5. The van der Waals surface area contributed by atoms with Crippen LogP contribution in [-0.4, -0.2) is 71.5 Å². The Labute approximate surface area is 183 Å². The molecule has 0 atom stereocenters. The van der Waals surface area contributed by atoms with Crippen LogP contribution in [0.3, 0.4) is 0 Å². The molecule has 2 aliphatic heterocycles. The second-order valence-corrected chi connectivity index (χ2v) is 8.73. The molecular weight excluding hydrogens is 386 g/mol. The highest BCUT2D eigenvalue weighted by Crippen LogP contribution is 2.23. The van der Waals surface area contributed by atoms with Crippen molar-refractivity contribution in [1.29, 1.82) is 0 Å². The third kappa shape index (κ3) is 4.44. The summed E-state index contributed by atoms with van der Waals surface area (Å²) in [5.41, 5.74) is 3.56. The molecule has 6 nitrogen and oxygen atoms in total. The van der Waals surface area contributed by atoms with Gasteiger partial charge < -0.3 is 19.7 Å². The minimum absolute atomic E-state index is 0.191. The van der Waals surface area contributed by atoms with Crippen LogP contribution in [0.25, 0.3) is 11.0 Å². The summed E-state index contributed by atoms with van der Waals surface area (Å²) in [5.74, 6) is 0.562. The maximum absolute atomic E-state index is 13.1. The van der Waals surface area contributed by atoms with E-state index in [1.165, 1.54) is 16.6 Å². The van der Waals surface area contributed by atoms with Crippen molar-refractivity contribution in [1.82, 2.24) is 19.8 Å². The molecule has 0 radical (unpaired) electrons. The number of aromatic nitrogens is 2. The normalized spacial score (nSPS) is 18.6. The van der Waals surface area contributed by atoms with Crippen molar-refractivity contribution in [3.8, 4) is 0 Å². The molecule has 3 aromatic rings. The quantitative estimate of drug-likeness (QED) is 0.693. The Hall–Kier alpha value is -2.86. The van der Waals surface area contributed by atoms with Gasteiger partial charge in [-0.1, -0.05) is 18.2 Å². The molecule has 162 valence electrons. The first-order chi connectivity index (χ1) is 15.3. The van der Waals surface area contributed by atoms with E-state index < -0.39 is 0 Å². The number of piperidine rings is 1. The van der Waals surface area contributed by atoms with E-state index in [1.807, 2.05) is 18.3 Å². The summed E-state index contributed by atoms with van der Waals surface area (Å²) in [4.78, 5) is 27.7. The lowest BCUT2D eigenvalue weighted by Gasteiger charge is -2.39. The average Bonchev–Trinajstić information content (AvgIpc) is 3.26. The molecule has 2 fully saturated rings. The third-order valence-corrected chi connectivity index (χ3v) is 6.88. The molecule has 2 aromatic heterocycles. The van der Waals surface area contributed by atoms with E-state index in [0.717, 1.165) is 70.7 Å². The number of benzene rings is 1. The largest absolute Gasteiger partial charge is 0.368 e. The average molecular weight is 418 g/mol. The van der Waals surface area contributed by atoms with Crippen LogP contribution in [0.1, 0.15) is 18.4 Å². The number of hydrogen-bond acceptors (Lipinski definition) is 4. The highest BCUT2D eigenvalue weighted by Gasteiger charge is 2.30. The summed E-state index contributed by atoms with van der Waals surface area (Å²) in [7, 11) is 0. The molecule has 0 unspecified atom stereocenters. The molecule has 2 aliphatic rings. The summed E-state index contributed by atoms with van der Waals surface area (Å²) in [6.07, 6.45) is 6.89. The van der Waals surface area contributed by atoms with Crippen LogP contribution in [0.4, 0.5) is 5.69 Å². The molecule has 0 saturated carbocycles. The number of piperazine rings is 1. The lowest BCUT2D eigenvalue weighted by molar-refractivity contribution is -0.137. The minimum Gasteiger partial charge on any atom is -0.368 e.